The van der Waals surface area contributed by atoms with Crippen molar-refractivity contribution in [2.45, 2.75) is 76.5 Å². The van der Waals surface area contributed by atoms with Crippen LogP contribution in [0, 0.1) is 5.92 Å². The molecule has 0 fully saturated rings. The van der Waals surface area contributed by atoms with E-state index < -0.39 is 66.2 Å². The number of H-pyrrole nitrogens is 1. The van der Waals surface area contributed by atoms with E-state index in [2.05, 4.69) is 20.9 Å². The number of primary amides is 1. The molecule has 0 aliphatic carbocycles. The fourth-order valence-corrected chi connectivity index (χ4v) is 4.25. The Labute approximate surface area is 236 Å². The van der Waals surface area contributed by atoms with Crippen molar-refractivity contribution in [3.8, 4) is 0 Å². The third-order valence-corrected chi connectivity index (χ3v) is 6.37. The molecule has 0 bridgehead atoms. The second-order valence-corrected chi connectivity index (χ2v) is 10.3. The molecule has 10 N–H and O–H groups in total. The second kappa shape index (κ2) is 15.4. The number of amides is 4. The van der Waals surface area contributed by atoms with Crippen molar-refractivity contribution in [1.82, 2.24) is 20.9 Å². The Balaban J connectivity index is 2.21. The number of carboxylic acids is 2. The average Bonchev–Trinajstić information content (AvgIpc) is 3.30. The number of para-hydroxylation sites is 1. The number of aromatic nitrogens is 1. The number of hydrogen-bond acceptors (Lipinski definition) is 7. The maximum atomic E-state index is 13.2. The van der Waals surface area contributed by atoms with Crippen LogP contribution in [-0.4, -0.2) is 74.9 Å². The molecule has 0 aliphatic heterocycles. The van der Waals surface area contributed by atoms with Gasteiger partial charge in [0.15, 0.2) is 0 Å². The molecule has 2 aromatic rings. The second-order valence-electron chi connectivity index (χ2n) is 10.3. The summed E-state index contributed by atoms with van der Waals surface area (Å²) in [5.74, 6) is -5.69. The van der Waals surface area contributed by atoms with Crippen LogP contribution in [0.2, 0.25) is 0 Å². The molecule has 41 heavy (non-hydrogen) atoms. The molecule has 1 aromatic heterocycles. The van der Waals surface area contributed by atoms with Gasteiger partial charge in [0.1, 0.15) is 18.1 Å². The molecule has 1 heterocycles. The van der Waals surface area contributed by atoms with Crippen molar-refractivity contribution in [2.75, 3.05) is 0 Å². The van der Waals surface area contributed by atoms with E-state index in [-0.39, 0.29) is 31.6 Å². The molecule has 2 rings (SSSR count). The zero-order valence-corrected chi connectivity index (χ0v) is 23.0. The molecule has 0 spiro atoms. The van der Waals surface area contributed by atoms with Gasteiger partial charge in [-0.3, -0.25) is 24.0 Å². The highest BCUT2D eigenvalue weighted by atomic mass is 16.4. The van der Waals surface area contributed by atoms with Crippen molar-refractivity contribution < 1.29 is 39.0 Å². The average molecular weight is 575 g/mol. The SMILES string of the molecule is CC(C)CC(N)C(=O)NC(CCC(=O)O)C(=O)NC(CCC(N)=O)C(=O)NC(Cc1c[nH]c2ccccc12)C(=O)O. The quantitative estimate of drug-likeness (QED) is 0.124. The number of aliphatic carboxylic acids is 2. The van der Waals surface area contributed by atoms with Crippen LogP contribution in [0.15, 0.2) is 30.5 Å². The minimum Gasteiger partial charge on any atom is -0.481 e. The third-order valence-electron chi connectivity index (χ3n) is 6.37. The molecule has 4 amide bonds. The lowest BCUT2D eigenvalue weighted by Crippen LogP contribution is -2.57. The Kier molecular flexibility index (Phi) is 12.3. The minimum absolute atomic E-state index is 0.0768. The number of nitrogens with one attached hydrogen (secondary N) is 4. The van der Waals surface area contributed by atoms with Gasteiger partial charge in [-0.25, -0.2) is 4.79 Å². The predicted octanol–water partition coefficient (Wildman–Crippen LogP) is -0.247. The van der Waals surface area contributed by atoms with Gasteiger partial charge >= 0.3 is 11.9 Å². The van der Waals surface area contributed by atoms with Gasteiger partial charge in [-0.1, -0.05) is 32.0 Å². The van der Waals surface area contributed by atoms with Crippen LogP contribution in [-0.2, 0) is 35.2 Å². The topological polar surface area (TPSA) is 247 Å². The number of benzene rings is 1. The molecule has 224 valence electrons. The van der Waals surface area contributed by atoms with Crippen LogP contribution in [0.5, 0.6) is 0 Å². The molecule has 1 aromatic carbocycles. The summed E-state index contributed by atoms with van der Waals surface area (Å²) in [6.07, 6.45) is 0.523. The highest BCUT2D eigenvalue weighted by molar-refractivity contribution is 5.95. The third kappa shape index (κ3) is 10.6. The Morgan fingerprint density at radius 1 is 0.854 bits per heavy atom. The summed E-state index contributed by atoms with van der Waals surface area (Å²) in [4.78, 5) is 76.6. The molecule has 0 saturated carbocycles. The van der Waals surface area contributed by atoms with Gasteiger partial charge < -0.3 is 42.6 Å². The molecule has 14 heteroatoms. The molecule has 14 nitrogen and oxygen atoms in total. The van der Waals surface area contributed by atoms with E-state index in [4.69, 9.17) is 16.6 Å². The first-order valence-electron chi connectivity index (χ1n) is 13.2. The Bertz CT molecular complexity index is 1260. The van der Waals surface area contributed by atoms with Crippen LogP contribution in [0.1, 0.15) is 51.5 Å². The van der Waals surface area contributed by atoms with Gasteiger partial charge in [0.05, 0.1) is 6.04 Å². The fraction of sp³-hybridized carbons (Fsp3) is 0.481. The number of rotatable bonds is 17. The molecule has 4 unspecified atom stereocenters. The van der Waals surface area contributed by atoms with Crippen molar-refractivity contribution >= 4 is 46.5 Å². The van der Waals surface area contributed by atoms with E-state index in [9.17, 15) is 33.9 Å². The largest absolute Gasteiger partial charge is 0.481 e. The molecule has 4 atom stereocenters. The highest BCUT2D eigenvalue weighted by Gasteiger charge is 2.31. The summed E-state index contributed by atoms with van der Waals surface area (Å²) >= 11 is 0. The maximum absolute atomic E-state index is 13.2. The van der Waals surface area contributed by atoms with Crippen LogP contribution < -0.4 is 27.4 Å². The van der Waals surface area contributed by atoms with Crippen molar-refractivity contribution in [1.29, 1.82) is 0 Å². The normalized spacial score (nSPS) is 14.0. The smallest absolute Gasteiger partial charge is 0.326 e. The van der Waals surface area contributed by atoms with E-state index in [0.717, 1.165) is 10.9 Å². The molecule has 0 aliphatic rings. The summed E-state index contributed by atoms with van der Waals surface area (Å²) in [6, 6.07) is 2.12. The first kappa shape index (κ1) is 32.8. The van der Waals surface area contributed by atoms with E-state index in [0.29, 0.717) is 12.0 Å². The summed E-state index contributed by atoms with van der Waals surface area (Å²) in [6.45, 7) is 3.71. The zero-order valence-electron chi connectivity index (χ0n) is 23.0. The van der Waals surface area contributed by atoms with E-state index in [1.54, 1.807) is 18.3 Å². The van der Waals surface area contributed by atoms with Crippen LogP contribution in [0.25, 0.3) is 10.9 Å². The number of nitrogens with two attached hydrogens (primary N) is 2. The summed E-state index contributed by atoms with van der Waals surface area (Å²) in [5.41, 5.74) is 12.5. The molecular formula is C27H38N6O8. The van der Waals surface area contributed by atoms with E-state index in [1.165, 1.54) is 0 Å². The van der Waals surface area contributed by atoms with Crippen LogP contribution in [0.3, 0.4) is 0 Å². The lowest BCUT2D eigenvalue weighted by molar-refractivity contribution is -0.142. The maximum Gasteiger partial charge on any atom is 0.326 e. The lowest BCUT2D eigenvalue weighted by Gasteiger charge is -2.25. The summed E-state index contributed by atoms with van der Waals surface area (Å²) in [7, 11) is 0. The van der Waals surface area contributed by atoms with Crippen molar-refractivity contribution in [3.63, 3.8) is 0 Å². The van der Waals surface area contributed by atoms with Crippen molar-refractivity contribution in [3.05, 3.63) is 36.0 Å². The highest BCUT2D eigenvalue weighted by Crippen LogP contribution is 2.19. The monoisotopic (exact) mass is 574 g/mol. The number of carboxylic acid groups (broad SMARTS) is 2. The first-order valence-corrected chi connectivity index (χ1v) is 13.2. The zero-order chi connectivity index (χ0) is 30.7. The Morgan fingerprint density at radius 3 is 1.98 bits per heavy atom. The van der Waals surface area contributed by atoms with Crippen LogP contribution >= 0.6 is 0 Å². The molecular weight excluding hydrogens is 536 g/mol. The van der Waals surface area contributed by atoms with Gasteiger partial charge in [-0.2, -0.15) is 0 Å². The standard InChI is InChI=1S/C27H38N6O8/c1-14(2)11-17(28)24(37)31-20(8-10-23(35)36)25(38)32-19(7-9-22(29)34)26(39)33-21(27(40)41)12-15-13-30-18-6-4-3-5-16(15)18/h3-6,13-14,17,19-21,30H,7-12,28H2,1-2H3,(H2,29,34)(H,31,37)(H,32,38)(H,33,39)(H,35,36)(H,40,41). The molecule has 0 radical (unpaired) electrons. The number of fused-ring (bicyclic) bond motifs is 1. The van der Waals surface area contributed by atoms with Crippen molar-refractivity contribution in [2.24, 2.45) is 17.4 Å². The Hall–Kier alpha value is -4.46. The van der Waals surface area contributed by atoms with Crippen LogP contribution in [0.4, 0.5) is 0 Å². The molecule has 0 saturated heterocycles. The Morgan fingerprint density at radius 2 is 1.41 bits per heavy atom. The number of hydrogen-bond donors (Lipinski definition) is 8. The van der Waals surface area contributed by atoms with Gasteiger partial charge in [0.25, 0.3) is 0 Å². The predicted molar refractivity (Wildman–Crippen MR) is 148 cm³/mol. The van der Waals surface area contributed by atoms with E-state index >= 15 is 0 Å². The lowest BCUT2D eigenvalue weighted by atomic mass is 10.0. The summed E-state index contributed by atoms with van der Waals surface area (Å²) < 4.78 is 0. The minimum atomic E-state index is -1.41. The van der Waals surface area contributed by atoms with Gasteiger partial charge in [-0.15, -0.1) is 0 Å². The van der Waals surface area contributed by atoms with Gasteiger partial charge in [0.2, 0.25) is 23.6 Å². The number of aromatic amines is 1. The van der Waals surface area contributed by atoms with Gasteiger partial charge in [0, 0.05) is 36.4 Å². The fourth-order valence-electron chi connectivity index (χ4n) is 4.25. The number of carbonyl (C=O) groups is 6. The van der Waals surface area contributed by atoms with E-state index in [1.807, 2.05) is 26.0 Å². The summed E-state index contributed by atoms with van der Waals surface area (Å²) in [5, 5.41) is 26.9. The first-order chi connectivity index (χ1) is 19.3. The van der Waals surface area contributed by atoms with Gasteiger partial charge in [-0.05, 0) is 36.8 Å². The number of carbonyl (C=O) groups excluding carboxylic acids is 4.